The van der Waals surface area contributed by atoms with Crippen LogP contribution in [0, 0.1) is 52.8 Å². The number of amides is 12. The van der Waals surface area contributed by atoms with Crippen molar-refractivity contribution < 1.29 is 93.4 Å². The van der Waals surface area contributed by atoms with E-state index in [0.717, 1.165) is 27.5 Å². The van der Waals surface area contributed by atoms with Gasteiger partial charge in [0.25, 0.3) is 0 Å². The third-order valence-corrected chi connectivity index (χ3v) is 26.5. The van der Waals surface area contributed by atoms with Crippen LogP contribution < -0.4 is 16.0 Å². The molecule has 4 aliphatic heterocycles. The highest BCUT2D eigenvalue weighted by molar-refractivity contribution is 6.01. The van der Waals surface area contributed by atoms with Gasteiger partial charge in [0.05, 0.1) is 44.9 Å². The first-order valence-electron chi connectivity index (χ1n) is 41.6. The molecule has 3 N–H and O–H groups in total. The molecule has 0 aromatic carbocycles. The van der Waals surface area contributed by atoms with Gasteiger partial charge in [-0.2, -0.15) is 18.4 Å². The molecule has 9 rings (SSSR count). The molecule has 634 valence electrons. The minimum absolute atomic E-state index is 0.0196. The molecule has 0 aromatic rings. The fraction of sp³-hybridized carbons (Fsp3) is 0.838. The number of hydrogen-bond donors (Lipinski definition) is 3. The molecule has 9 fully saturated rings. The highest BCUT2D eigenvalue weighted by Crippen LogP contribution is 2.45. The summed E-state index contributed by atoms with van der Waals surface area (Å²) in [7, 11) is 8.31. The van der Waals surface area contributed by atoms with E-state index in [2.05, 4.69) is 22.0 Å². The summed E-state index contributed by atoms with van der Waals surface area (Å²) < 4.78 is 99.6. The first-order chi connectivity index (χ1) is 53.6. The lowest BCUT2D eigenvalue weighted by Gasteiger charge is -2.47. The van der Waals surface area contributed by atoms with Crippen LogP contribution >= 0.6 is 0 Å². The fourth-order valence-corrected chi connectivity index (χ4v) is 19.1. The lowest BCUT2D eigenvalue weighted by molar-refractivity contribution is -0.219. The zero-order chi connectivity index (χ0) is 82.5. The Labute approximate surface area is 661 Å². The van der Waals surface area contributed by atoms with E-state index in [1.807, 2.05) is 0 Å². The Hall–Kier alpha value is -7.37. The van der Waals surface area contributed by atoms with Crippen molar-refractivity contribution in [2.75, 3.05) is 101 Å². The van der Waals surface area contributed by atoms with Crippen molar-refractivity contribution in [3.05, 3.63) is 0 Å². The normalized spacial score (nSPS) is 33.6. The molecular weight excluding hydrogens is 1480 g/mol. The number of nitrogens with zero attached hydrogens (tertiary/aromatic N) is 10. The molecule has 2 bridgehead atoms. The molecule has 4 heterocycles. The first kappa shape index (κ1) is 89.6. The molecule has 5 aliphatic carbocycles. The summed E-state index contributed by atoms with van der Waals surface area (Å²) >= 11 is 0. The second kappa shape index (κ2) is 40.0. The second-order valence-corrected chi connectivity index (χ2v) is 34.0. The van der Waals surface area contributed by atoms with Gasteiger partial charge in [-0.1, -0.05) is 58.8 Å². The molecule has 12 amide bonds. The minimum atomic E-state index is -5.19. The molecule has 113 heavy (non-hydrogen) atoms. The Bertz CT molecular complexity index is 3390. The van der Waals surface area contributed by atoms with Crippen LogP contribution in [-0.2, 0) is 67.0 Å². The Balaban J connectivity index is 1.12. The minimum Gasteiger partial charge on any atom is -0.378 e. The van der Waals surface area contributed by atoms with E-state index in [0.29, 0.717) is 83.5 Å². The summed E-state index contributed by atoms with van der Waals surface area (Å²) in [4.78, 5) is 196. The lowest BCUT2D eigenvalue weighted by atomic mass is 9.74. The number of ether oxygens (including phenoxy) is 2. The molecule has 4 saturated heterocycles. The Morgan fingerprint density at radius 2 is 1.26 bits per heavy atom. The summed E-state index contributed by atoms with van der Waals surface area (Å²) in [5, 5.41) is 19.1. The van der Waals surface area contributed by atoms with Gasteiger partial charge >= 0.3 is 6.18 Å². The summed E-state index contributed by atoms with van der Waals surface area (Å²) in [5.74, 6) is -15.1. The predicted octanol–water partition coefficient (Wildman–Crippen LogP) is 6.18. The van der Waals surface area contributed by atoms with Crippen LogP contribution in [0.1, 0.15) is 201 Å². The Morgan fingerprint density at radius 1 is 0.619 bits per heavy atom. The van der Waals surface area contributed by atoms with Gasteiger partial charge in [-0.25, -0.2) is 13.2 Å². The smallest absolute Gasteiger partial charge is 0.378 e. The number of morpholine rings is 1. The van der Waals surface area contributed by atoms with Gasteiger partial charge in [0.15, 0.2) is 0 Å². The average molecular weight is 1600 g/mol. The fourth-order valence-electron chi connectivity index (χ4n) is 19.1. The molecule has 4 unspecified atom stereocenters. The number of carbonyl (C=O) groups is 12. The Kier molecular flexibility index (Phi) is 31.7. The van der Waals surface area contributed by atoms with Crippen molar-refractivity contribution in [3.8, 4) is 6.07 Å². The number of likely N-dealkylation sites (N-methyl/N-ethyl adjacent to an activating group) is 6. The van der Waals surface area contributed by atoms with E-state index in [1.165, 1.54) is 71.7 Å². The topological polar surface area (TPSA) is 312 Å². The second-order valence-electron chi connectivity index (χ2n) is 34.0. The zero-order valence-corrected chi connectivity index (χ0v) is 67.6. The van der Waals surface area contributed by atoms with Crippen molar-refractivity contribution in [2.24, 2.45) is 41.4 Å². The third-order valence-electron chi connectivity index (χ3n) is 26.5. The van der Waals surface area contributed by atoms with Crippen LogP contribution in [0.25, 0.3) is 0 Å². The maximum absolute atomic E-state index is 15.9. The summed E-state index contributed by atoms with van der Waals surface area (Å²) in [5.41, 5.74) is -1.69. The van der Waals surface area contributed by atoms with Crippen LogP contribution in [0.15, 0.2) is 0 Å². The van der Waals surface area contributed by atoms with Gasteiger partial charge in [0, 0.05) is 87.4 Å². The summed E-state index contributed by atoms with van der Waals surface area (Å²) in [6, 6.07) is -8.71. The molecular formula is C80H123F6N13O14. The molecule has 9 aliphatic rings. The van der Waals surface area contributed by atoms with Gasteiger partial charge in [-0.3, -0.25) is 57.5 Å². The van der Waals surface area contributed by atoms with E-state index < -0.39 is 230 Å². The van der Waals surface area contributed by atoms with Gasteiger partial charge in [0.2, 0.25) is 70.9 Å². The molecule has 5 saturated carbocycles. The van der Waals surface area contributed by atoms with Crippen LogP contribution in [-0.4, -0.2) is 301 Å². The van der Waals surface area contributed by atoms with Crippen LogP contribution in [0.5, 0.6) is 0 Å². The maximum atomic E-state index is 15.9. The monoisotopic (exact) mass is 1600 g/mol. The van der Waals surface area contributed by atoms with Crippen LogP contribution in [0.2, 0.25) is 0 Å². The number of halogens is 6. The van der Waals surface area contributed by atoms with Crippen molar-refractivity contribution in [2.45, 2.75) is 285 Å². The first-order valence-corrected chi connectivity index (χ1v) is 41.6. The number of alkyl halides is 6. The standard InChI is InChI=1S/C80H123F6N13O14/c1-10-48(3)68-76(109)92(5)47-66(102)93(6)59-24-13-12-18-33-98(75(59)108)63(40-49-25-28-54(81)29-26-49)73(106)91(4)46-64(100)88-58(30-27-50-38-56(82)67(57(83)39-50)80(84,85)86)72(105)99-45-55(113-11-2)42-61(99)71(104)90-79(31-19-32-79)78(111)96(9)69(51-20-14-15-21-51)77(110)95(8)62(74(107)97-34-36-112-37-35-97)43-65(101)94(7)60(70(103)89-68)41-52-22-16-17-23-53(52)44-87/h48-63,67-69H,10-43,45-47H2,1-9H3,(H,88,100)(H,89,103)(H,90,104)/t48-,49?,50?,52?,53?,54?,55+,56?,57?,58-,59-,60-,61-,62-,63-,67?,68-,69-/m0/s1. The SMILES string of the molecule is CCO[C@@H]1C[C@H]2C(=O)NC3(CCC3)C(=O)N(C)[C@@H](C3CCCC3)C(=O)N(C)[C@H](C(=O)N3CCOCC3)CC(=O)N(C)[C@@H](CC3CCCCC3C#N)C(=O)N[C@@H]([C@@H](C)CC)C(=O)N(C)CC(=O)N(C)[C@H]3CCCCCN(C3=O)[C@@H](CC3CCC(F)CC3)C(=O)N(C)CC(=O)N[C@@H](CCC3CC(F)C(C(F)(F)F)C(F)C3)C(=O)N2C1. The van der Waals surface area contributed by atoms with E-state index >= 15 is 56.7 Å². The van der Waals surface area contributed by atoms with E-state index in [-0.39, 0.29) is 110 Å². The summed E-state index contributed by atoms with van der Waals surface area (Å²) in [6.45, 7) is 4.20. The molecule has 0 radical (unpaired) electrons. The van der Waals surface area contributed by atoms with Gasteiger partial charge in [-0.05, 0) is 159 Å². The highest BCUT2D eigenvalue weighted by atomic mass is 19.4. The van der Waals surface area contributed by atoms with Crippen molar-refractivity contribution in [3.63, 3.8) is 0 Å². The molecule has 14 atom stereocenters. The largest absolute Gasteiger partial charge is 0.397 e. The number of hydrogen-bond acceptors (Lipinski definition) is 15. The number of rotatable bonds is 13. The van der Waals surface area contributed by atoms with E-state index in [4.69, 9.17) is 9.47 Å². The quantitative estimate of drug-likeness (QED) is 0.173. The van der Waals surface area contributed by atoms with Crippen molar-refractivity contribution >= 4 is 70.9 Å². The molecule has 27 nitrogen and oxygen atoms in total. The van der Waals surface area contributed by atoms with Gasteiger partial charge in [-0.15, -0.1) is 0 Å². The predicted molar refractivity (Wildman–Crippen MR) is 401 cm³/mol. The Morgan fingerprint density at radius 3 is 1.88 bits per heavy atom. The average Bonchev–Trinajstić information content (AvgIpc) is 1.73. The lowest BCUT2D eigenvalue weighted by Crippen LogP contribution is -2.68. The number of carbonyl (C=O) groups excluding carboxylic acids is 12. The van der Waals surface area contributed by atoms with Crippen LogP contribution in [0.3, 0.4) is 0 Å². The third kappa shape index (κ3) is 21.6. The maximum Gasteiger partial charge on any atom is 0.397 e. The highest BCUT2D eigenvalue weighted by Gasteiger charge is 2.56. The summed E-state index contributed by atoms with van der Waals surface area (Å²) in [6.07, 6.45) is -7.00. The number of nitrogens with one attached hydrogen (secondary N) is 3. The number of fused-ring (bicyclic) bond motifs is 3. The van der Waals surface area contributed by atoms with Crippen LogP contribution in [0.4, 0.5) is 26.3 Å². The molecule has 0 aromatic heterocycles. The molecule has 33 heteroatoms. The number of nitriles is 1. The van der Waals surface area contributed by atoms with Crippen molar-refractivity contribution in [1.82, 2.24) is 60.0 Å². The van der Waals surface area contributed by atoms with Gasteiger partial charge < -0.3 is 69.5 Å². The van der Waals surface area contributed by atoms with E-state index in [1.54, 1.807) is 20.8 Å². The van der Waals surface area contributed by atoms with Crippen molar-refractivity contribution in [1.29, 1.82) is 5.26 Å². The van der Waals surface area contributed by atoms with E-state index in [9.17, 15) is 32.4 Å². The van der Waals surface area contributed by atoms with Gasteiger partial charge in [0.1, 0.15) is 78.3 Å². The molecule has 1 spiro atoms. The zero-order valence-electron chi connectivity index (χ0n) is 67.6.